The zero-order chi connectivity index (χ0) is 19.9. The van der Waals surface area contributed by atoms with Crippen LogP contribution in [0.2, 0.25) is 0 Å². The quantitative estimate of drug-likeness (QED) is 0.507. The third kappa shape index (κ3) is 3.65. The Kier molecular flexibility index (Phi) is 5.90. The molecule has 1 aliphatic heterocycles. The molecular formula is C20H32F3O4. The third-order valence-corrected chi connectivity index (χ3v) is 6.85. The molecule has 0 aromatic rings. The van der Waals surface area contributed by atoms with Crippen LogP contribution >= 0.6 is 0 Å². The van der Waals surface area contributed by atoms with E-state index in [0.717, 1.165) is 25.7 Å². The zero-order valence-corrected chi connectivity index (χ0v) is 16.5. The van der Waals surface area contributed by atoms with E-state index in [9.17, 15) is 13.2 Å². The second-order valence-corrected chi connectivity index (χ2v) is 8.74. The maximum Gasteiger partial charge on any atom is 0.443 e. The van der Waals surface area contributed by atoms with Gasteiger partial charge in [0.1, 0.15) is 0 Å². The molecule has 3 rings (SSSR count). The van der Waals surface area contributed by atoms with Crippen molar-refractivity contribution in [3.63, 3.8) is 0 Å². The van der Waals surface area contributed by atoms with Gasteiger partial charge in [-0.25, -0.2) is 0 Å². The van der Waals surface area contributed by atoms with Crippen molar-refractivity contribution in [2.24, 2.45) is 17.3 Å². The number of rotatable bonds is 7. The lowest BCUT2D eigenvalue weighted by molar-refractivity contribution is -0.422. The van der Waals surface area contributed by atoms with Gasteiger partial charge in [-0.3, -0.25) is 0 Å². The van der Waals surface area contributed by atoms with Crippen molar-refractivity contribution in [1.82, 2.24) is 0 Å². The van der Waals surface area contributed by atoms with E-state index in [0.29, 0.717) is 12.3 Å². The van der Waals surface area contributed by atoms with Gasteiger partial charge in [-0.15, -0.1) is 0 Å². The van der Waals surface area contributed by atoms with Gasteiger partial charge in [0.05, 0.1) is 12.2 Å². The fourth-order valence-corrected chi connectivity index (χ4v) is 5.45. The molecule has 3 fully saturated rings. The highest BCUT2D eigenvalue weighted by atomic mass is 19.4. The Balaban J connectivity index is 1.90. The summed E-state index contributed by atoms with van der Waals surface area (Å²) in [5.41, 5.74) is -0.943. The van der Waals surface area contributed by atoms with E-state index >= 15 is 0 Å². The van der Waals surface area contributed by atoms with E-state index in [-0.39, 0.29) is 32.0 Å². The molecule has 0 aromatic heterocycles. The topological polar surface area (TPSA) is 47.9 Å². The molecule has 0 aromatic carbocycles. The molecular weight excluding hydrogens is 361 g/mol. The minimum atomic E-state index is -4.69. The normalized spacial score (nSPS) is 41.2. The summed E-state index contributed by atoms with van der Waals surface area (Å²) in [6, 6.07) is 0. The summed E-state index contributed by atoms with van der Waals surface area (Å²) < 4.78 is 59.2. The first-order valence-electron chi connectivity index (χ1n) is 10.1. The molecule has 1 saturated heterocycles. The second-order valence-electron chi connectivity index (χ2n) is 8.74. The Morgan fingerprint density at radius 1 is 1.30 bits per heavy atom. The monoisotopic (exact) mass is 393 g/mol. The smallest absolute Gasteiger partial charge is 0.396 e. The Morgan fingerprint density at radius 3 is 2.67 bits per heavy atom. The van der Waals surface area contributed by atoms with Gasteiger partial charge in [-0.1, -0.05) is 20.3 Å². The number of halogens is 3. The first-order chi connectivity index (χ1) is 12.6. The Labute approximate surface area is 159 Å². The van der Waals surface area contributed by atoms with Crippen LogP contribution in [0.4, 0.5) is 13.2 Å². The fraction of sp³-hybridized carbons (Fsp3) is 0.950. The van der Waals surface area contributed by atoms with E-state index in [1.54, 1.807) is 0 Å². The summed E-state index contributed by atoms with van der Waals surface area (Å²) in [7, 11) is 0. The van der Waals surface area contributed by atoms with Crippen molar-refractivity contribution in [3.05, 3.63) is 6.42 Å². The summed E-state index contributed by atoms with van der Waals surface area (Å²) in [5.74, 6) is -2.01. The molecule has 1 unspecified atom stereocenters. The van der Waals surface area contributed by atoms with Crippen LogP contribution in [0.5, 0.6) is 0 Å². The van der Waals surface area contributed by atoms with E-state index in [2.05, 4.69) is 13.3 Å². The first-order valence-corrected chi connectivity index (χ1v) is 10.1. The predicted molar refractivity (Wildman–Crippen MR) is 93.6 cm³/mol. The van der Waals surface area contributed by atoms with E-state index in [4.69, 9.17) is 19.3 Å². The summed E-state index contributed by atoms with van der Waals surface area (Å²) in [6.07, 6.45) is 0.687. The number of hydrogen-bond donors (Lipinski definition) is 1. The van der Waals surface area contributed by atoms with Crippen molar-refractivity contribution in [1.29, 1.82) is 0 Å². The van der Waals surface area contributed by atoms with Crippen LogP contribution in [0.1, 0.15) is 65.7 Å². The maximum atomic E-state index is 14.0. The van der Waals surface area contributed by atoms with Gasteiger partial charge < -0.3 is 19.3 Å². The van der Waals surface area contributed by atoms with Gasteiger partial charge in [0, 0.05) is 18.4 Å². The highest BCUT2D eigenvalue weighted by Gasteiger charge is 2.67. The maximum absolute atomic E-state index is 14.0. The van der Waals surface area contributed by atoms with Crippen LogP contribution in [0.3, 0.4) is 0 Å². The molecule has 1 heterocycles. The Bertz CT molecular complexity index is 528. The molecule has 1 spiro atoms. The number of ether oxygens (including phenoxy) is 3. The summed E-state index contributed by atoms with van der Waals surface area (Å²) in [5, 5.41) is 8.93. The number of aliphatic hydroxyl groups excluding tert-OH is 1. The van der Waals surface area contributed by atoms with Crippen molar-refractivity contribution in [2.75, 3.05) is 13.2 Å². The van der Waals surface area contributed by atoms with E-state index in [1.165, 1.54) is 6.92 Å². The zero-order valence-electron chi connectivity index (χ0n) is 16.5. The third-order valence-electron chi connectivity index (χ3n) is 6.85. The molecule has 2 saturated carbocycles. The van der Waals surface area contributed by atoms with Gasteiger partial charge in [0.15, 0.2) is 6.29 Å². The SMILES string of the molecule is CC[C@@](OCCCO)(O[C@@H]1O[C@]2(C)CCC3[C@H](C)CC[CH][C@]31C2)C(F)(F)F. The van der Waals surface area contributed by atoms with Crippen LogP contribution in [-0.2, 0) is 14.2 Å². The lowest BCUT2D eigenvalue weighted by Gasteiger charge is -2.50. The largest absolute Gasteiger partial charge is 0.443 e. The number of fused-ring (bicyclic) bond motifs is 1. The minimum Gasteiger partial charge on any atom is -0.396 e. The molecule has 4 nitrogen and oxygen atoms in total. The predicted octanol–water partition coefficient (Wildman–Crippen LogP) is 4.61. The first kappa shape index (κ1) is 21.3. The second kappa shape index (κ2) is 7.47. The average molecular weight is 393 g/mol. The molecule has 2 bridgehead atoms. The van der Waals surface area contributed by atoms with Gasteiger partial charge in [-0.05, 0) is 57.3 Å². The summed E-state index contributed by atoms with van der Waals surface area (Å²) in [4.78, 5) is 0. The molecule has 157 valence electrons. The number of aliphatic hydroxyl groups is 1. The van der Waals surface area contributed by atoms with Crippen LogP contribution < -0.4 is 0 Å². The van der Waals surface area contributed by atoms with E-state index in [1.807, 2.05) is 6.92 Å². The van der Waals surface area contributed by atoms with Crippen molar-refractivity contribution in [3.8, 4) is 0 Å². The van der Waals surface area contributed by atoms with Gasteiger partial charge in [0.25, 0.3) is 5.79 Å². The molecule has 7 heteroatoms. The molecule has 27 heavy (non-hydrogen) atoms. The average Bonchev–Trinajstić information content (AvgIpc) is 2.78. The number of hydrogen-bond acceptors (Lipinski definition) is 4. The van der Waals surface area contributed by atoms with Crippen LogP contribution in [0, 0.1) is 23.7 Å². The highest BCUT2D eigenvalue weighted by Crippen LogP contribution is 2.64. The summed E-state index contributed by atoms with van der Waals surface area (Å²) in [6.45, 7) is 5.14. The van der Waals surface area contributed by atoms with Gasteiger partial charge >= 0.3 is 6.18 Å². The number of alkyl halides is 3. The van der Waals surface area contributed by atoms with Gasteiger partial charge in [0.2, 0.25) is 0 Å². The lowest BCUT2D eigenvalue weighted by atomic mass is 9.54. The van der Waals surface area contributed by atoms with Crippen LogP contribution in [-0.4, -0.2) is 42.2 Å². The fourth-order valence-electron chi connectivity index (χ4n) is 5.45. The van der Waals surface area contributed by atoms with Crippen LogP contribution in [0.15, 0.2) is 0 Å². The molecule has 2 aliphatic carbocycles. The molecule has 1 N–H and O–H groups in total. The molecule has 0 amide bonds. The van der Waals surface area contributed by atoms with Crippen molar-refractivity contribution < 1.29 is 32.5 Å². The lowest BCUT2D eigenvalue weighted by Crippen LogP contribution is -2.56. The highest BCUT2D eigenvalue weighted by molar-refractivity contribution is 5.15. The van der Waals surface area contributed by atoms with Crippen LogP contribution in [0.25, 0.3) is 0 Å². The summed E-state index contributed by atoms with van der Waals surface area (Å²) >= 11 is 0. The van der Waals surface area contributed by atoms with Crippen molar-refractivity contribution >= 4 is 0 Å². The minimum absolute atomic E-state index is 0.126. The van der Waals surface area contributed by atoms with Gasteiger partial charge in [-0.2, -0.15) is 13.2 Å². The van der Waals surface area contributed by atoms with Crippen molar-refractivity contribution in [2.45, 2.75) is 89.6 Å². The standard InChI is InChI=1S/C20H32F3O4/c1-4-19(20(21,22)23,25-12-6-11-24)27-16-18-9-5-7-14(2)15(18)8-10-17(3,13-18)26-16/h9,14-16,24H,4-8,10-13H2,1-3H3/t14-,15?,16+,17-,18+,19-/m1/s1. The molecule has 6 atom stereocenters. The van der Waals surface area contributed by atoms with E-state index < -0.39 is 29.3 Å². The Morgan fingerprint density at radius 2 is 2.04 bits per heavy atom. The Hall–Kier alpha value is -0.370. The molecule has 1 radical (unpaired) electrons. The molecule has 3 aliphatic rings.